The fraction of sp³-hybridized carbons (Fsp3) is 0.929. The Morgan fingerprint density at radius 2 is 1.90 bits per heavy atom. The molecule has 0 N–H and O–H groups in total. The van der Waals surface area contributed by atoms with Gasteiger partial charge in [-0.15, -0.1) is 0 Å². The molecule has 0 saturated heterocycles. The molecule has 0 bridgehead atoms. The minimum atomic E-state index is -4.33. The second-order valence-electron chi connectivity index (χ2n) is 5.85. The third kappa shape index (κ3) is 4.36. The minimum absolute atomic E-state index is 0.129. The monoisotopic (exact) mass is 293 g/mol. The molecule has 0 heterocycles. The molecule has 2 saturated carbocycles. The highest BCUT2D eigenvalue weighted by Crippen LogP contribution is 2.54. The van der Waals surface area contributed by atoms with Crippen molar-refractivity contribution in [3.05, 3.63) is 0 Å². The van der Waals surface area contributed by atoms with Gasteiger partial charge in [0.2, 0.25) is 5.91 Å². The summed E-state index contributed by atoms with van der Waals surface area (Å²) in [4.78, 5) is 13.2. The van der Waals surface area contributed by atoms with Crippen molar-refractivity contribution < 1.29 is 22.7 Å². The van der Waals surface area contributed by atoms with Gasteiger partial charge in [-0.05, 0) is 44.4 Å². The standard InChI is InChI=1S/C14H22F3NO2/c1-2-20-5-3-4-18(9-14(15,16)17)13(19)12-7-10-6-11(10)8-12/h10-12H,2-9H2,1H3. The van der Waals surface area contributed by atoms with Crippen LogP contribution >= 0.6 is 0 Å². The maximum Gasteiger partial charge on any atom is 0.406 e. The Morgan fingerprint density at radius 1 is 1.25 bits per heavy atom. The van der Waals surface area contributed by atoms with Crippen LogP contribution in [0.25, 0.3) is 0 Å². The quantitative estimate of drug-likeness (QED) is 0.676. The lowest BCUT2D eigenvalue weighted by Crippen LogP contribution is -2.42. The summed E-state index contributed by atoms with van der Waals surface area (Å²) in [6.07, 6.45) is -1.15. The molecular weight excluding hydrogens is 271 g/mol. The second kappa shape index (κ2) is 6.33. The van der Waals surface area contributed by atoms with Gasteiger partial charge >= 0.3 is 6.18 Å². The summed E-state index contributed by atoms with van der Waals surface area (Å²) in [6.45, 7) is 1.77. The van der Waals surface area contributed by atoms with Gasteiger partial charge in [0.05, 0.1) is 0 Å². The van der Waals surface area contributed by atoms with Gasteiger partial charge < -0.3 is 9.64 Å². The fourth-order valence-electron chi connectivity index (χ4n) is 3.16. The zero-order valence-electron chi connectivity index (χ0n) is 11.8. The van der Waals surface area contributed by atoms with Crippen molar-refractivity contribution in [2.24, 2.45) is 17.8 Å². The molecule has 2 aliphatic rings. The summed E-state index contributed by atoms with van der Waals surface area (Å²) < 4.78 is 42.9. The normalized spacial score (nSPS) is 28.3. The molecule has 2 atom stereocenters. The van der Waals surface area contributed by atoms with Crippen LogP contribution in [0.5, 0.6) is 0 Å². The summed E-state index contributed by atoms with van der Waals surface area (Å²) in [5.74, 6) is 0.694. The summed E-state index contributed by atoms with van der Waals surface area (Å²) in [5, 5.41) is 0. The van der Waals surface area contributed by atoms with Gasteiger partial charge in [0.25, 0.3) is 0 Å². The highest BCUT2D eigenvalue weighted by molar-refractivity contribution is 5.79. The molecule has 2 unspecified atom stereocenters. The SMILES string of the molecule is CCOCCCN(CC(F)(F)F)C(=O)C1CC2CC2C1. The van der Waals surface area contributed by atoms with Crippen LogP contribution in [0.15, 0.2) is 0 Å². The Balaban J connectivity index is 1.85. The number of carbonyl (C=O) groups excluding carboxylic acids is 1. The van der Waals surface area contributed by atoms with E-state index < -0.39 is 12.7 Å². The molecule has 2 rings (SSSR count). The first-order chi connectivity index (χ1) is 9.40. The van der Waals surface area contributed by atoms with E-state index >= 15 is 0 Å². The van der Waals surface area contributed by atoms with Crippen LogP contribution in [0.3, 0.4) is 0 Å². The van der Waals surface area contributed by atoms with Crippen molar-refractivity contribution in [3.63, 3.8) is 0 Å². The minimum Gasteiger partial charge on any atom is -0.382 e. The third-order valence-electron chi connectivity index (χ3n) is 4.20. The summed E-state index contributed by atoms with van der Waals surface area (Å²) >= 11 is 0. The lowest BCUT2D eigenvalue weighted by Gasteiger charge is -2.27. The summed E-state index contributed by atoms with van der Waals surface area (Å²) in [5.41, 5.74) is 0. The first kappa shape index (κ1) is 15.6. The van der Waals surface area contributed by atoms with Crippen LogP contribution in [0.4, 0.5) is 13.2 Å². The first-order valence-electron chi connectivity index (χ1n) is 7.34. The van der Waals surface area contributed by atoms with Crippen LogP contribution in [0.2, 0.25) is 0 Å². The zero-order valence-corrected chi connectivity index (χ0v) is 11.8. The average molecular weight is 293 g/mol. The Morgan fingerprint density at radius 3 is 2.45 bits per heavy atom. The number of fused-ring (bicyclic) bond motifs is 1. The number of ether oxygens (including phenoxy) is 1. The molecule has 6 heteroatoms. The molecular formula is C14H22F3NO2. The smallest absolute Gasteiger partial charge is 0.382 e. The van der Waals surface area contributed by atoms with Crippen LogP contribution in [-0.4, -0.2) is 43.3 Å². The number of carbonyl (C=O) groups is 1. The van der Waals surface area contributed by atoms with E-state index in [-0.39, 0.29) is 18.4 Å². The Kier molecular flexibility index (Phi) is 4.94. The van der Waals surface area contributed by atoms with E-state index in [1.54, 1.807) is 0 Å². The fourth-order valence-corrected chi connectivity index (χ4v) is 3.16. The van der Waals surface area contributed by atoms with E-state index in [4.69, 9.17) is 4.74 Å². The lowest BCUT2D eigenvalue weighted by molar-refractivity contribution is -0.164. The number of hydrogen-bond acceptors (Lipinski definition) is 2. The highest BCUT2D eigenvalue weighted by Gasteiger charge is 2.49. The van der Waals surface area contributed by atoms with E-state index in [2.05, 4.69) is 0 Å². The van der Waals surface area contributed by atoms with E-state index in [0.717, 1.165) is 24.2 Å². The molecule has 0 aromatic carbocycles. The highest BCUT2D eigenvalue weighted by atomic mass is 19.4. The van der Waals surface area contributed by atoms with E-state index in [9.17, 15) is 18.0 Å². The van der Waals surface area contributed by atoms with Gasteiger partial charge in [-0.2, -0.15) is 13.2 Å². The number of hydrogen-bond donors (Lipinski definition) is 0. The Hall–Kier alpha value is -0.780. The summed E-state index contributed by atoms with van der Waals surface area (Å²) in [7, 11) is 0. The lowest BCUT2D eigenvalue weighted by atomic mass is 10.0. The van der Waals surface area contributed by atoms with Crippen molar-refractivity contribution in [1.29, 1.82) is 0 Å². The van der Waals surface area contributed by atoms with Crippen LogP contribution in [0.1, 0.15) is 32.6 Å². The van der Waals surface area contributed by atoms with Crippen molar-refractivity contribution in [2.45, 2.75) is 38.8 Å². The Bertz CT molecular complexity index is 336. The van der Waals surface area contributed by atoms with Crippen LogP contribution in [-0.2, 0) is 9.53 Å². The maximum absolute atomic E-state index is 12.6. The molecule has 116 valence electrons. The topological polar surface area (TPSA) is 29.5 Å². The number of nitrogens with zero attached hydrogens (tertiary/aromatic N) is 1. The van der Waals surface area contributed by atoms with Crippen molar-refractivity contribution in [1.82, 2.24) is 4.90 Å². The summed E-state index contributed by atoms with van der Waals surface area (Å²) in [6, 6.07) is 0. The van der Waals surface area contributed by atoms with E-state index in [1.807, 2.05) is 6.92 Å². The Labute approximate surface area is 117 Å². The van der Waals surface area contributed by atoms with Gasteiger partial charge in [0.15, 0.2) is 0 Å². The van der Waals surface area contributed by atoms with Crippen molar-refractivity contribution in [2.75, 3.05) is 26.3 Å². The number of halogens is 3. The molecule has 2 fully saturated rings. The van der Waals surface area contributed by atoms with Gasteiger partial charge in [-0.1, -0.05) is 0 Å². The third-order valence-corrected chi connectivity index (χ3v) is 4.20. The van der Waals surface area contributed by atoms with Crippen LogP contribution < -0.4 is 0 Å². The zero-order chi connectivity index (χ0) is 14.8. The van der Waals surface area contributed by atoms with Crippen LogP contribution in [0, 0.1) is 17.8 Å². The molecule has 3 nitrogen and oxygen atoms in total. The first-order valence-corrected chi connectivity index (χ1v) is 7.34. The number of rotatable bonds is 7. The maximum atomic E-state index is 12.6. The van der Waals surface area contributed by atoms with Crippen molar-refractivity contribution >= 4 is 5.91 Å². The largest absolute Gasteiger partial charge is 0.406 e. The van der Waals surface area contributed by atoms with E-state index in [1.165, 1.54) is 0 Å². The molecule has 1 amide bonds. The number of alkyl halides is 3. The molecule has 20 heavy (non-hydrogen) atoms. The molecule has 0 spiro atoms. The molecule has 0 radical (unpaired) electrons. The van der Waals surface area contributed by atoms with Gasteiger partial charge in [-0.3, -0.25) is 4.79 Å². The van der Waals surface area contributed by atoms with Gasteiger partial charge in [0, 0.05) is 25.7 Å². The van der Waals surface area contributed by atoms with Gasteiger partial charge in [-0.25, -0.2) is 0 Å². The average Bonchev–Trinajstić information content (AvgIpc) is 2.98. The molecule has 0 aromatic rings. The van der Waals surface area contributed by atoms with Crippen molar-refractivity contribution in [3.8, 4) is 0 Å². The number of amides is 1. The second-order valence-corrected chi connectivity index (χ2v) is 5.85. The molecule has 2 aliphatic carbocycles. The molecule has 0 aromatic heterocycles. The van der Waals surface area contributed by atoms with Gasteiger partial charge in [0.1, 0.15) is 6.54 Å². The predicted molar refractivity (Wildman–Crippen MR) is 68.1 cm³/mol. The molecule has 0 aliphatic heterocycles. The van der Waals surface area contributed by atoms with E-state index in [0.29, 0.717) is 31.5 Å². The predicted octanol–water partition coefficient (Wildman–Crippen LogP) is 2.85.